The summed E-state index contributed by atoms with van der Waals surface area (Å²) in [6, 6.07) is 39.1. The highest BCUT2D eigenvalue weighted by Gasteiger charge is 2.48. The lowest BCUT2D eigenvalue weighted by Gasteiger charge is -2.38. The molecule has 50 heavy (non-hydrogen) atoms. The van der Waals surface area contributed by atoms with Crippen LogP contribution in [0.5, 0.6) is 17.2 Å². The Kier molecular flexibility index (Phi) is 9.33. The second-order valence-corrected chi connectivity index (χ2v) is 13.8. The molecular weight excluding hydrogens is 624 g/mol. The normalized spacial score (nSPS) is 20.5. The predicted molar refractivity (Wildman–Crippen MR) is 192 cm³/mol. The van der Waals surface area contributed by atoms with Crippen molar-refractivity contribution in [2.24, 2.45) is 0 Å². The first kappa shape index (κ1) is 32.6. The first-order valence-electron chi connectivity index (χ1n) is 17.9. The molecular formula is C44H44O6. The average Bonchev–Trinajstić information content (AvgIpc) is 3.34. The van der Waals surface area contributed by atoms with Crippen LogP contribution in [-0.4, -0.2) is 19.2 Å². The van der Waals surface area contributed by atoms with Crippen molar-refractivity contribution in [3.8, 4) is 17.2 Å². The zero-order valence-corrected chi connectivity index (χ0v) is 28.8. The molecule has 2 aliphatic carbocycles. The fraction of sp³-hybridized carbons (Fsp3) is 0.318. The van der Waals surface area contributed by atoms with E-state index >= 15 is 0 Å². The summed E-state index contributed by atoms with van der Waals surface area (Å²) in [4.78, 5) is 12.5. The quantitative estimate of drug-likeness (QED) is 0.0840. The summed E-state index contributed by atoms with van der Waals surface area (Å²) in [5.41, 5.74) is 8.90. The fourth-order valence-electron chi connectivity index (χ4n) is 7.74. The van der Waals surface area contributed by atoms with Gasteiger partial charge in [0.1, 0.15) is 23.9 Å². The SMILES string of the molecule is Cc1ccc(OCOc2ccc(COOC(C)(c3ccccc3)C3Oc4ccc5c(c4[C@H]4c6ccccc6CC[C@H]4O3)CCCC5)cc2)cc1. The van der Waals surface area contributed by atoms with Gasteiger partial charge < -0.3 is 18.9 Å². The molecule has 8 rings (SSSR count). The minimum absolute atomic E-state index is 0.0706. The molecule has 1 aliphatic heterocycles. The minimum atomic E-state index is -1.07. The van der Waals surface area contributed by atoms with Crippen LogP contribution in [0.2, 0.25) is 0 Å². The van der Waals surface area contributed by atoms with Crippen LogP contribution < -0.4 is 14.2 Å². The lowest BCUT2D eigenvalue weighted by atomic mass is 9.73. The van der Waals surface area contributed by atoms with Crippen LogP contribution in [0.25, 0.3) is 0 Å². The summed E-state index contributed by atoms with van der Waals surface area (Å²) in [6.45, 7) is 4.41. The van der Waals surface area contributed by atoms with E-state index in [4.69, 9.17) is 28.7 Å². The van der Waals surface area contributed by atoms with Gasteiger partial charge in [0.25, 0.3) is 0 Å². The van der Waals surface area contributed by atoms with E-state index in [1.807, 2.05) is 92.7 Å². The first-order valence-corrected chi connectivity index (χ1v) is 17.9. The monoisotopic (exact) mass is 668 g/mol. The molecule has 0 fully saturated rings. The first-order chi connectivity index (χ1) is 24.5. The van der Waals surface area contributed by atoms with Crippen molar-refractivity contribution in [1.29, 1.82) is 0 Å². The van der Waals surface area contributed by atoms with E-state index in [9.17, 15) is 0 Å². The third kappa shape index (κ3) is 6.63. The van der Waals surface area contributed by atoms with E-state index in [0.717, 1.165) is 48.3 Å². The molecule has 0 aromatic heterocycles. The van der Waals surface area contributed by atoms with Gasteiger partial charge in [-0.15, -0.1) is 0 Å². The zero-order chi connectivity index (χ0) is 33.9. The van der Waals surface area contributed by atoms with Crippen molar-refractivity contribution >= 4 is 0 Å². The van der Waals surface area contributed by atoms with Crippen LogP contribution in [0.1, 0.15) is 76.6 Å². The summed E-state index contributed by atoms with van der Waals surface area (Å²) < 4.78 is 25.6. The van der Waals surface area contributed by atoms with Crippen LogP contribution in [0.15, 0.2) is 115 Å². The van der Waals surface area contributed by atoms with Crippen LogP contribution in [0, 0.1) is 6.92 Å². The van der Waals surface area contributed by atoms with Gasteiger partial charge in [-0.3, -0.25) is 0 Å². The second kappa shape index (κ2) is 14.3. The molecule has 0 spiro atoms. The standard InChI is InChI=1S/C44H44O6/c1-30-16-22-35(23-17-30)45-29-46-36-24-18-31(19-25-36)28-47-50-44(2,34-12-4-3-5-13-34)43-48-39-26-20-32-10-6-8-14-37(32)41(39)42-38-15-9-7-11-33(38)21-27-40(42)49-43/h3-6,8,10,12-14,16-19,21-25,27,39,41,43H,7,9,11,15,20,26,28-29H2,1-2H3/t39-,41+,43?,44?/m1/s1. The largest absolute Gasteiger partial charge is 0.461 e. The average molecular weight is 669 g/mol. The van der Waals surface area contributed by atoms with Crippen molar-refractivity contribution in [3.63, 3.8) is 0 Å². The smallest absolute Gasteiger partial charge is 0.236 e. The highest BCUT2D eigenvalue weighted by Crippen LogP contribution is 2.50. The minimum Gasteiger partial charge on any atom is -0.461 e. The maximum absolute atomic E-state index is 7.10. The van der Waals surface area contributed by atoms with Gasteiger partial charge in [0.15, 0.2) is 5.60 Å². The third-order valence-electron chi connectivity index (χ3n) is 10.5. The lowest BCUT2D eigenvalue weighted by Crippen LogP contribution is -2.47. The molecule has 0 radical (unpaired) electrons. The third-order valence-corrected chi connectivity index (χ3v) is 10.5. The molecule has 0 N–H and O–H groups in total. The molecule has 0 saturated carbocycles. The second-order valence-electron chi connectivity index (χ2n) is 13.8. The molecule has 5 aromatic carbocycles. The molecule has 6 nitrogen and oxygen atoms in total. The van der Waals surface area contributed by atoms with Crippen molar-refractivity contribution in [2.45, 2.75) is 82.9 Å². The van der Waals surface area contributed by atoms with E-state index in [2.05, 4.69) is 36.4 Å². The molecule has 2 unspecified atom stereocenters. The predicted octanol–water partition coefficient (Wildman–Crippen LogP) is 9.53. The maximum atomic E-state index is 7.10. The van der Waals surface area contributed by atoms with Crippen molar-refractivity contribution in [1.82, 2.24) is 0 Å². The Morgan fingerprint density at radius 2 is 1.44 bits per heavy atom. The lowest BCUT2D eigenvalue weighted by molar-refractivity contribution is -0.409. The van der Waals surface area contributed by atoms with E-state index in [0.29, 0.717) is 5.75 Å². The van der Waals surface area contributed by atoms with Gasteiger partial charge in [0.2, 0.25) is 13.1 Å². The van der Waals surface area contributed by atoms with Crippen molar-refractivity contribution < 1.29 is 28.7 Å². The maximum Gasteiger partial charge on any atom is 0.236 e. The number of aryl methyl sites for hydroxylation is 3. The molecule has 5 aromatic rings. The fourth-order valence-corrected chi connectivity index (χ4v) is 7.74. The van der Waals surface area contributed by atoms with Crippen molar-refractivity contribution in [2.75, 3.05) is 6.79 Å². The van der Waals surface area contributed by atoms with Crippen LogP contribution >= 0.6 is 0 Å². The molecule has 3 aliphatic rings. The van der Waals surface area contributed by atoms with Gasteiger partial charge in [-0.25, -0.2) is 9.78 Å². The number of rotatable bonds is 10. The van der Waals surface area contributed by atoms with Gasteiger partial charge in [0.05, 0.1) is 6.10 Å². The zero-order valence-electron chi connectivity index (χ0n) is 28.8. The molecule has 1 heterocycles. The van der Waals surface area contributed by atoms with Crippen LogP contribution in [0.4, 0.5) is 0 Å². The Hall–Kier alpha value is -4.62. The number of hydrogen-bond donors (Lipinski definition) is 0. The molecule has 256 valence electrons. The van der Waals surface area contributed by atoms with Crippen LogP contribution in [-0.2, 0) is 46.0 Å². The van der Waals surface area contributed by atoms with Crippen LogP contribution in [0.3, 0.4) is 0 Å². The highest BCUT2D eigenvalue weighted by molar-refractivity contribution is 5.55. The number of benzene rings is 5. The summed E-state index contributed by atoms with van der Waals surface area (Å²) in [7, 11) is 0. The van der Waals surface area contributed by atoms with E-state index in [-0.39, 0.29) is 25.4 Å². The Morgan fingerprint density at radius 1 is 0.720 bits per heavy atom. The summed E-state index contributed by atoms with van der Waals surface area (Å²) in [5, 5.41) is 0. The highest BCUT2D eigenvalue weighted by atomic mass is 17.2. The van der Waals surface area contributed by atoms with E-state index in [1.165, 1.54) is 46.2 Å². The molecule has 0 amide bonds. The van der Waals surface area contributed by atoms with E-state index in [1.54, 1.807) is 0 Å². The van der Waals surface area contributed by atoms with Gasteiger partial charge in [-0.05, 0) is 116 Å². The van der Waals surface area contributed by atoms with Gasteiger partial charge in [-0.2, -0.15) is 0 Å². The Balaban J connectivity index is 1.03. The molecule has 0 saturated heterocycles. The van der Waals surface area contributed by atoms with Gasteiger partial charge in [-0.1, -0.05) is 90.5 Å². The Bertz CT molecular complexity index is 1900. The topological polar surface area (TPSA) is 55.4 Å². The Morgan fingerprint density at radius 3 is 2.24 bits per heavy atom. The number of fused-ring (bicyclic) bond motifs is 7. The summed E-state index contributed by atoms with van der Waals surface area (Å²) >= 11 is 0. The summed E-state index contributed by atoms with van der Waals surface area (Å²) in [6.07, 6.45) is 5.64. The number of ether oxygens (including phenoxy) is 4. The van der Waals surface area contributed by atoms with Gasteiger partial charge >= 0.3 is 0 Å². The van der Waals surface area contributed by atoms with E-state index < -0.39 is 11.9 Å². The number of hydrogen-bond acceptors (Lipinski definition) is 6. The van der Waals surface area contributed by atoms with Gasteiger partial charge in [0, 0.05) is 11.5 Å². The molecule has 4 atom stereocenters. The Labute approximate surface area is 294 Å². The molecule has 6 heteroatoms. The molecule has 0 bridgehead atoms. The summed E-state index contributed by atoms with van der Waals surface area (Å²) in [5.74, 6) is 2.46. The van der Waals surface area contributed by atoms with Crippen molar-refractivity contribution in [3.05, 3.63) is 160 Å².